The van der Waals surface area contributed by atoms with Gasteiger partial charge in [0.25, 0.3) is 5.49 Å². The van der Waals surface area contributed by atoms with E-state index in [1.165, 1.54) is 0 Å². The third-order valence-corrected chi connectivity index (χ3v) is 4.56. The molecule has 11 heteroatoms. The fourth-order valence-electron chi connectivity index (χ4n) is 2.72. The second kappa shape index (κ2) is 6.89. The molecule has 3 aromatic rings. The Morgan fingerprint density at radius 2 is 2.00 bits per heavy atom. The molecular formula is C17H14ClN5O5. The molecule has 1 aliphatic rings. The lowest BCUT2D eigenvalue weighted by Crippen LogP contribution is -2.22. The Kier molecular flexibility index (Phi) is 4.40. The van der Waals surface area contributed by atoms with Gasteiger partial charge >= 0.3 is 5.82 Å². The predicted molar refractivity (Wildman–Crippen MR) is 97.8 cm³/mol. The van der Waals surface area contributed by atoms with Crippen molar-refractivity contribution in [2.45, 2.75) is 6.92 Å². The summed E-state index contributed by atoms with van der Waals surface area (Å²) >= 11 is 6.08. The molecule has 0 spiro atoms. The quantitative estimate of drug-likeness (QED) is 0.408. The summed E-state index contributed by atoms with van der Waals surface area (Å²) in [6.07, 6.45) is 0. The van der Waals surface area contributed by atoms with Gasteiger partial charge in [-0.2, -0.15) is 0 Å². The fraction of sp³-hybridized carbons (Fsp3) is 0.176. The van der Waals surface area contributed by atoms with Gasteiger partial charge < -0.3 is 24.8 Å². The van der Waals surface area contributed by atoms with Gasteiger partial charge in [0.15, 0.2) is 11.5 Å². The molecule has 0 aliphatic carbocycles. The number of ether oxygens (including phenoxy) is 2. The van der Waals surface area contributed by atoms with Crippen LogP contribution in [-0.2, 0) is 0 Å². The van der Waals surface area contributed by atoms with Crippen LogP contribution in [0.1, 0.15) is 5.56 Å². The minimum absolute atomic E-state index is 0.333. The highest BCUT2D eigenvalue weighted by atomic mass is 35.5. The molecule has 2 aromatic carbocycles. The van der Waals surface area contributed by atoms with E-state index in [1.807, 2.05) is 0 Å². The lowest BCUT2D eigenvalue weighted by molar-refractivity contribution is -0.391. The van der Waals surface area contributed by atoms with Gasteiger partial charge in [-0.25, -0.2) is 4.99 Å². The number of halogens is 1. The third-order valence-electron chi connectivity index (χ3n) is 4.15. The molecule has 0 atom stereocenters. The van der Waals surface area contributed by atoms with Gasteiger partial charge in [-0.1, -0.05) is 22.5 Å². The standard InChI is InChI=1S/C17H14ClN5O5/c1-10-12(18)3-2-4-13(10)19-16-17(23(25)26)20-21(22(16)24)11-5-6-14-15(9-11)28-8-7-27-14/h2-6,9,24H,7-8H2,1H3. The third kappa shape index (κ3) is 3.03. The second-order valence-corrected chi connectivity index (χ2v) is 6.31. The maximum absolute atomic E-state index is 11.5. The van der Waals surface area contributed by atoms with Gasteiger partial charge in [0.05, 0.1) is 10.8 Å². The number of rotatable bonds is 3. The smallest absolute Gasteiger partial charge is 0.438 e. The molecule has 0 saturated carbocycles. The summed E-state index contributed by atoms with van der Waals surface area (Å²) < 4.78 is 11.0. The molecular weight excluding hydrogens is 390 g/mol. The second-order valence-electron chi connectivity index (χ2n) is 5.91. The van der Waals surface area contributed by atoms with Crippen LogP contribution in [-0.4, -0.2) is 38.1 Å². The molecule has 144 valence electrons. The van der Waals surface area contributed by atoms with E-state index < -0.39 is 10.7 Å². The van der Waals surface area contributed by atoms with Crippen molar-refractivity contribution in [3.63, 3.8) is 0 Å². The largest absolute Gasteiger partial charge is 0.486 e. The summed E-state index contributed by atoms with van der Waals surface area (Å²) in [7, 11) is 0. The van der Waals surface area contributed by atoms with E-state index in [2.05, 4.69) is 10.1 Å². The molecule has 2 heterocycles. The number of hydrogen-bond acceptors (Lipinski definition) is 7. The predicted octanol–water partition coefficient (Wildman–Crippen LogP) is 2.78. The van der Waals surface area contributed by atoms with Crippen LogP contribution in [0, 0.1) is 17.0 Å². The number of fused-ring (bicyclic) bond motifs is 1. The monoisotopic (exact) mass is 403 g/mol. The highest BCUT2D eigenvalue weighted by molar-refractivity contribution is 6.31. The number of benzene rings is 2. The van der Waals surface area contributed by atoms with Crippen molar-refractivity contribution in [3.8, 4) is 17.2 Å². The number of hydrogen-bond donors (Lipinski definition) is 1. The van der Waals surface area contributed by atoms with Crippen molar-refractivity contribution in [1.29, 1.82) is 0 Å². The Labute approximate surface area is 162 Å². The molecule has 0 fully saturated rings. The van der Waals surface area contributed by atoms with Crippen LogP contribution in [0.25, 0.3) is 5.69 Å². The minimum atomic E-state index is -0.722. The Morgan fingerprint density at radius 3 is 2.75 bits per heavy atom. The van der Waals surface area contributed by atoms with Crippen molar-refractivity contribution in [1.82, 2.24) is 14.7 Å². The SMILES string of the molecule is Cc1c(Cl)cccc1N=c1c([N+](=O)[O-])nn(-c2ccc3c(c2)OCCO3)n1O. The van der Waals surface area contributed by atoms with Gasteiger partial charge in [-0.3, -0.25) is 0 Å². The molecule has 4 rings (SSSR count). The van der Waals surface area contributed by atoms with Crippen LogP contribution in [0.5, 0.6) is 11.5 Å². The first-order valence-electron chi connectivity index (χ1n) is 8.21. The van der Waals surface area contributed by atoms with Gasteiger partial charge in [0.2, 0.25) is 0 Å². The normalized spacial score (nSPS) is 13.6. The molecule has 1 N–H and O–H groups in total. The molecule has 0 bridgehead atoms. The van der Waals surface area contributed by atoms with Gasteiger partial charge in [0.1, 0.15) is 18.9 Å². The zero-order chi connectivity index (χ0) is 19.8. The summed E-state index contributed by atoms with van der Waals surface area (Å²) in [5, 5.41) is 26.4. The van der Waals surface area contributed by atoms with Gasteiger partial charge in [-0.15, -0.1) is 0 Å². The molecule has 1 aliphatic heterocycles. The molecule has 1 aromatic heterocycles. The maximum atomic E-state index is 11.5. The summed E-state index contributed by atoms with van der Waals surface area (Å²) in [6.45, 7) is 2.53. The van der Waals surface area contributed by atoms with E-state index in [1.54, 1.807) is 43.3 Å². The van der Waals surface area contributed by atoms with Crippen LogP contribution < -0.4 is 15.0 Å². The van der Waals surface area contributed by atoms with Crippen LogP contribution in [0.3, 0.4) is 0 Å². The Balaban J connectivity index is 1.90. The lowest BCUT2D eigenvalue weighted by Gasteiger charge is -2.18. The van der Waals surface area contributed by atoms with Gasteiger partial charge in [0, 0.05) is 11.1 Å². The minimum Gasteiger partial charge on any atom is -0.486 e. The summed E-state index contributed by atoms with van der Waals surface area (Å²) in [5.74, 6) is 0.378. The average molecular weight is 404 g/mol. The lowest BCUT2D eigenvalue weighted by atomic mass is 10.2. The first-order valence-corrected chi connectivity index (χ1v) is 8.59. The molecule has 0 saturated heterocycles. The molecule has 0 radical (unpaired) electrons. The highest BCUT2D eigenvalue weighted by Crippen LogP contribution is 2.32. The van der Waals surface area contributed by atoms with Crippen LogP contribution in [0.4, 0.5) is 11.5 Å². The zero-order valence-corrected chi connectivity index (χ0v) is 15.3. The number of nitrogens with zero attached hydrogens (tertiary/aromatic N) is 5. The van der Waals surface area contributed by atoms with E-state index in [-0.39, 0.29) is 5.49 Å². The molecule has 0 unspecified atom stereocenters. The van der Waals surface area contributed by atoms with Crippen LogP contribution in [0.15, 0.2) is 41.4 Å². The number of aromatic nitrogens is 3. The summed E-state index contributed by atoms with van der Waals surface area (Å²) in [5.41, 5.74) is 0.982. The molecule has 28 heavy (non-hydrogen) atoms. The van der Waals surface area contributed by atoms with E-state index in [0.717, 1.165) is 4.80 Å². The Hall–Kier alpha value is -3.53. The van der Waals surface area contributed by atoms with Crippen molar-refractivity contribution >= 4 is 23.1 Å². The highest BCUT2D eigenvalue weighted by Gasteiger charge is 2.25. The van der Waals surface area contributed by atoms with Crippen molar-refractivity contribution < 1.29 is 19.6 Å². The Morgan fingerprint density at radius 1 is 1.25 bits per heavy atom. The first-order chi connectivity index (χ1) is 13.5. The molecule has 0 amide bonds. The van der Waals surface area contributed by atoms with Gasteiger partial charge in [-0.05, 0) is 46.5 Å². The van der Waals surface area contributed by atoms with Crippen molar-refractivity contribution in [3.05, 3.63) is 62.6 Å². The van der Waals surface area contributed by atoms with Crippen molar-refractivity contribution in [2.24, 2.45) is 4.99 Å². The Bertz CT molecular complexity index is 1150. The van der Waals surface area contributed by atoms with E-state index >= 15 is 0 Å². The summed E-state index contributed by atoms with van der Waals surface area (Å²) in [6, 6.07) is 9.75. The van der Waals surface area contributed by atoms with Crippen molar-refractivity contribution in [2.75, 3.05) is 13.2 Å². The first kappa shape index (κ1) is 17.9. The topological polar surface area (TPSA) is 117 Å². The summed E-state index contributed by atoms with van der Waals surface area (Å²) in [4.78, 5) is 16.4. The maximum Gasteiger partial charge on any atom is 0.438 e. The van der Waals surface area contributed by atoms with E-state index in [4.69, 9.17) is 21.1 Å². The van der Waals surface area contributed by atoms with E-state index in [9.17, 15) is 15.3 Å². The van der Waals surface area contributed by atoms with E-state index in [0.29, 0.717) is 51.5 Å². The number of nitro groups is 1. The van der Waals surface area contributed by atoms with Crippen LogP contribution >= 0.6 is 11.6 Å². The fourth-order valence-corrected chi connectivity index (χ4v) is 2.89. The van der Waals surface area contributed by atoms with Crippen LogP contribution in [0.2, 0.25) is 5.02 Å². The zero-order valence-electron chi connectivity index (χ0n) is 14.6. The molecule has 10 nitrogen and oxygen atoms in total. The average Bonchev–Trinajstić information content (AvgIpc) is 3.02.